The summed E-state index contributed by atoms with van der Waals surface area (Å²) in [5, 5.41) is 3.19. The van der Waals surface area contributed by atoms with Crippen molar-refractivity contribution in [3.8, 4) is 21.8 Å². The number of piperazine rings is 1. The number of pyridine rings is 1. The minimum atomic E-state index is -0.598. The maximum atomic E-state index is 13.0. The van der Waals surface area contributed by atoms with Crippen LogP contribution in [0.2, 0.25) is 5.02 Å². The normalized spacial score (nSPS) is 18.9. The Labute approximate surface area is 219 Å². The molecule has 2 aliphatic heterocycles. The standard InChI is InChI=1S/C26H29ClN6O2S/c1-31-8-4-5-17(15-31)26(35)33-11-9-32(10-12-33)18-13-20(23(24(28)34)29-14-18)25-30-22(16-36-25)19-6-2-3-7-21(19)27/h2-3,6-7,13-14,16-17H,4-5,8-12,15H2,1H3,(H2,28,34). The van der Waals surface area contributed by atoms with Gasteiger partial charge in [-0.2, -0.15) is 0 Å². The molecule has 188 valence electrons. The van der Waals surface area contributed by atoms with Crippen LogP contribution < -0.4 is 10.6 Å². The van der Waals surface area contributed by atoms with Gasteiger partial charge < -0.3 is 20.4 Å². The van der Waals surface area contributed by atoms with Crippen molar-refractivity contribution < 1.29 is 9.59 Å². The number of primary amides is 1. The van der Waals surface area contributed by atoms with Crippen molar-refractivity contribution in [2.24, 2.45) is 11.7 Å². The second-order valence-electron chi connectivity index (χ2n) is 9.39. The van der Waals surface area contributed by atoms with Crippen molar-refractivity contribution in [2.45, 2.75) is 12.8 Å². The number of aromatic nitrogens is 2. The van der Waals surface area contributed by atoms with Gasteiger partial charge in [0.1, 0.15) is 10.7 Å². The minimum Gasteiger partial charge on any atom is -0.367 e. The van der Waals surface area contributed by atoms with Crippen LogP contribution in [-0.2, 0) is 4.79 Å². The van der Waals surface area contributed by atoms with E-state index in [1.807, 2.05) is 40.6 Å². The molecule has 5 rings (SSSR count). The maximum Gasteiger partial charge on any atom is 0.268 e. The topological polar surface area (TPSA) is 95.7 Å². The predicted octanol–water partition coefficient (Wildman–Crippen LogP) is 3.61. The Morgan fingerprint density at radius 1 is 1.11 bits per heavy atom. The highest BCUT2D eigenvalue weighted by molar-refractivity contribution is 7.13. The number of halogens is 1. The van der Waals surface area contributed by atoms with Gasteiger partial charge in [0, 0.05) is 54.3 Å². The number of piperidine rings is 1. The third-order valence-corrected chi connectivity index (χ3v) is 8.13. The smallest absolute Gasteiger partial charge is 0.268 e. The van der Waals surface area contributed by atoms with Gasteiger partial charge in [0.15, 0.2) is 0 Å². The number of thiazole rings is 1. The molecule has 4 heterocycles. The van der Waals surface area contributed by atoms with Crippen LogP contribution in [0.15, 0.2) is 41.9 Å². The molecule has 2 amide bonds. The highest BCUT2D eigenvalue weighted by Crippen LogP contribution is 2.35. The van der Waals surface area contributed by atoms with E-state index in [1.165, 1.54) is 11.3 Å². The van der Waals surface area contributed by atoms with Crippen LogP contribution >= 0.6 is 22.9 Å². The van der Waals surface area contributed by atoms with Gasteiger partial charge in [-0.3, -0.25) is 9.59 Å². The number of amides is 2. The van der Waals surface area contributed by atoms with Gasteiger partial charge in [-0.1, -0.05) is 29.8 Å². The minimum absolute atomic E-state index is 0.0932. The van der Waals surface area contributed by atoms with E-state index in [4.69, 9.17) is 22.3 Å². The summed E-state index contributed by atoms with van der Waals surface area (Å²) in [6.45, 7) is 4.64. The summed E-state index contributed by atoms with van der Waals surface area (Å²) in [4.78, 5) is 40.8. The van der Waals surface area contributed by atoms with Crippen molar-refractivity contribution >= 4 is 40.4 Å². The zero-order valence-corrected chi connectivity index (χ0v) is 21.8. The van der Waals surface area contributed by atoms with E-state index in [0.29, 0.717) is 41.8 Å². The van der Waals surface area contributed by atoms with Crippen molar-refractivity contribution in [1.82, 2.24) is 19.8 Å². The molecular weight excluding hydrogens is 496 g/mol. The van der Waals surface area contributed by atoms with Crippen LogP contribution in [0, 0.1) is 5.92 Å². The van der Waals surface area contributed by atoms with Gasteiger partial charge in [-0.05, 0) is 38.6 Å². The zero-order valence-electron chi connectivity index (χ0n) is 20.2. The molecule has 36 heavy (non-hydrogen) atoms. The van der Waals surface area contributed by atoms with Crippen LogP contribution in [0.25, 0.3) is 21.8 Å². The number of rotatable bonds is 5. The van der Waals surface area contributed by atoms with Crippen LogP contribution in [0.5, 0.6) is 0 Å². The summed E-state index contributed by atoms with van der Waals surface area (Å²) in [7, 11) is 2.08. The number of hydrogen-bond donors (Lipinski definition) is 1. The SMILES string of the molecule is CN1CCCC(C(=O)N2CCN(c3cnc(C(N)=O)c(-c4nc(-c5ccccc5Cl)cs4)c3)CC2)C1. The molecule has 0 spiro atoms. The molecule has 0 saturated carbocycles. The van der Waals surface area contributed by atoms with Gasteiger partial charge in [0.25, 0.3) is 5.91 Å². The lowest BCUT2D eigenvalue weighted by Crippen LogP contribution is -2.52. The molecule has 1 unspecified atom stereocenters. The molecule has 1 aromatic carbocycles. The Morgan fingerprint density at radius 2 is 1.89 bits per heavy atom. The van der Waals surface area contributed by atoms with Gasteiger partial charge in [-0.15, -0.1) is 11.3 Å². The van der Waals surface area contributed by atoms with E-state index >= 15 is 0 Å². The van der Waals surface area contributed by atoms with E-state index in [9.17, 15) is 9.59 Å². The third-order valence-electron chi connectivity index (χ3n) is 6.92. The lowest BCUT2D eigenvalue weighted by molar-refractivity contribution is -0.137. The second-order valence-corrected chi connectivity index (χ2v) is 10.7. The molecule has 3 aromatic rings. The van der Waals surface area contributed by atoms with Crippen molar-refractivity contribution in [3.05, 3.63) is 52.6 Å². The number of anilines is 1. The average Bonchev–Trinajstić information content (AvgIpc) is 3.38. The molecule has 2 aromatic heterocycles. The van der Waals surface area contributed by atoms with Crippen molar-refractivity contribution in [1.29, 1.82) is 0 Å². The first-order valence-electron chi connectivity index (χ1n) is 12.1. The van der Waals surface area contributed by atoms with Crippen LogP contribution in [0.1, 0.15) is 23.3 Å². The van der Waals surface area contributed by atoms with Gasteiger partial charge in [-0.25, -0.2) is 9.97 Å². The highest BCUT2D eigenvalue weighted by Gasteiger charge is 2.30. The van der Waals surface area contributed by atoms with E-state index in [2.05, 4.69) is 21.8 Å². The number of likely N-dealkylation sites (tertiary alicyclic amines) is 1. The van der Waals surface area contributed by atoms with Crippen LogP contribution in [0.4, 0.5) is 5.69 Å². The average molecular weight is 525 g/mol. The van der Waals surface area contributed by atoms with Crippen LogP contribution in [0.3, 0.4) is 0 Å². The summed E-state index contributed by atoms with van der Waals surface area (Å²) >= 11 is 7.77. The summed E-state index contributed by atoms with van der Waals surface area (Å²) in [5.41, 5.74) is 8.89. The quantitative estimate of drug-likeness (QED) is 0.547. The molecule has 1 atom stereocenters. The molecular formula is C26H29ClN6O2S. The van der Waals surface area contributed by atoms with E-state index < -0.39 is 5.91 Å². The van der Waals surface area contributed by atoms with E-state index in [-0.39, 0.29) is 17.5 Å². The molecule has 10 heteroatoms. The molecule has 2 saturated heterocycles. The summed E-state index contributed by atoms with van der Waals surface area (Å²) < 4.78 is 0. The number of hydrogen-bond acceptors (Lipinski definition) is 7. The zero-order chi connectivity index (χ0) is 25.2. The Morgan fingerprint density at radius 3 is 2.61 bits per heavy atom. The second kappa shape index (κ2) is 10.5. The van der Waals surface area contributed by atoms with Gasteiger partial charge in [0.2, 0.25) is 5.91 Å². The number of benzene rings is 1. The molecule has 2 N–H and O–H groups in total. The van der Waals surface area contributed by atoms with Gasteiger partial charge in [0.05, 0.1) is 23.5 Å². The Hall–Kier alpha value is -3.01. The Kier molecular flexibility index (Phi) is 7.22. The fraction of sp³-hybridized carbons (Fsp3) is 0.385. The lowest BCUT2D eigenvalue weighted by Gasteiger charge is -2.39. The van der Waals surface area contributed by atoms with E-state index in [1.54, 1.807) is 6.20 Å². The fourth-order valence-electron chi connectivity index (χ4n) is 4.99. The van der Waals surface area contributed by atoms with E-state index in [0.717, 1.165) is 42.9 Å². The fourth-order valence-corrected chi connectivity index (χ4v) is 6.06. The third kappa shape index (κ3) is 5.09. The van der Waals surface area contributed by atoms with Crippen molar-refractivity contribution in [3.63, 3.8) is 0 Å². The maximum absolute atomic E-state index is 13.0. The molecule has 0 radical (unpaired) electrons. The molecule has 0 bridgehead atoms. The van der Waals surface area contributed by atoms with Crippen LogP contribution in [-0.4, -0.2) is 77.9 Å². The first-order valence-corrected chi connectivity index (χ1v) is 13.4. The number of nitrogens with zero attached hydrogens (tertiary/aromatic N) is 5. The van der Waals surface area contributed by atoms with Crippen molar-refractivity contribution in [2.75, 3.05) is 51.2 Å². The summed E-state index contributed by atoms with van der Waals surface area (Å²) in [6, 6.07) is 9.45. The summed E-state index contributed by atoms with van der Waals surface area (Å²) in [6.07, 6.45) is 3.72. The molecule has 0 aliphatic carbocycles. The predicted molar refractivity (Wildman–Crippen MR) is 143 cm³/mol. The highest BCUT2D eigenvalue weighted by atomic mass is 35.5. The first kappa shape index (κ1) is 24.7. The number of carbonyl (C=O) groups is 2. The number of nitrogens with two attached hydrogens (primary N) is 1. The molecule has 8 nitrogen and oxygen atoms in total. The Bertz CT molecular complexity index is 1270. The first-order chi connectivity index (χ1) is 17.4. The monoisotopic (exact) mass is 524 g/mol. The Balaban J connectivity index is 1.34. The largest absolute Gasteiger partial charge is 0.367 e. The lowest BCUT2D eigenvalue weighted by atomic mass is 9.96. The summed E-state index contributed by atoms with van der Waals surface area (Å²) in [5.74, 6) is -0.242. The molecule has 2 fully saturated rings. The molecule has 2 aliphatic rings. The number of carbonyl (C=O) groups excluding carboxylic acids is 2. The van der Waals surface area contributed by atoms with Gasteiger partial charge >= 0.3 is 0 Å².